The number of likely N-dealkylation sites (tertiary alicyclic amines) is 1. The molecule has 1 aromatic heterocycles. The van der Waals surface area contributed by atoms with E-state index in [9.17, 15) is 9.90 Å². The van der Waals surface area contributed by atoms with Gasteiger partial charge in [0.1, 0.15) is 0 Å². The number of nitrogens with zero attached hydrogens (tertiary/aromatic N) is 1. The Morgan fingerprint density at radius 1 is 1.57 bits per heavy atom. The summed E-state index contributed by atoms with van der Waals surface area (Å²) in [6.45, 7) is 2.36. The van der Waals surface area contributed by atoms with Gasteiger partial charge in [-0.1, -0.05) is 6.07 Å². The van der Waals surface area contributed by atoms with E-state index in [0.29, 0.717) is 19.6 Å². The third-order valence-corrected chi connectivity index (χ3v) is 5.19. The summed E-state index contributed by atoms with van der Waals surface area (Å²) >= 11 is 1.62. The predicted octanol–water partition coefficient (Wildman–Crippen LogP) is 2.32. The van der Waals surface area contributed by atoms with Crippen molar-refractivity contribution in [1.29, 1.82) is 0 Å². The first kappa shape index (κ1) is 16.5. The minimum Gasteiger partial charge on any atom is -0.396 e. The maximum Gasteiger partial charge on any atom is 0.227 e. The fraction of sp³-hybridized carbons (Fsp3) is 0.688. The molecule has 1 aliphatic heterocycles. The summed E-state index contributed by atoms with van der Waals surface area (Å²) in [4.78, 5) is 15.5. The summed E-state index contributed by atoms with van der Waals surface area (Å²) in [5, 5.41) is 11.8. The normalized spacial score (nSPS) is 22.5. The molecule has 0 unspecified atom stereocenters. The van der Waals surface area contributed by atoms with Crippen LogP contribution in [0, 0.1) is 5.41 Å². The van der Waals surface area contributed by atoms with Crippen molar-refractivity contribution in [3.05, 3.63) is 22.4 Å². The van der Waals surface area contributed by atoms with Gasteiger partial charge in [0.05, 0.1) is 13.0 Å². The number of hydrogen-bond donors (Lipinski definition) is 1. The Hall–Kier alpha value is -0.910. The van der Waals surface area contributed by atoms with Crippen LogP contribution < -0.4 is 0 Å². The summed E-state index contributed by atoms with van der Waals surface area (Å²) < 4.78 is 5.11. The molecule has 1 atom stereocenters. The lowest BCUT2D eigenvalue weighted by Crippen LogP contribution is -2.48. The Morgan fingerprint density at radius 3 is 3.10 bits per heavy atom. The lowest BCUT2D eigenvalue weighted by Gasteiger charge is -2.42. The molecule has 1 N–H and O–H groups in total. The Morgan fingerprint density at radius 2 is 2.43 bits per heavy atom. The molecular weight excluding hydrogens is 286 g/mol. The molecule has 0 spiro atoms. The molecule has 21 heavy (non-hydrogen) atoms. The van der Waals surface area contributed by atoms with Crippen molar-refractivity contribution in [2.45, 2.75) is 32.1 Å². The molecule has 2 rings (SSSR count). The van der Waals surface area contributed by atoms with Crippen molar-refractivity contribution in [3.63, 3.8) is 0 Å². The smallest absolute Gasteiger partial charge is 0.227 e. The summed E-state index contributed by atoms with van der Waals surface area (Å²) in [6.07, 6.45) is 4.31. The Bertz CT molecular complexity index is 435. The van der Waals surface area contributed by atoms with Crippen LogP contribution in [0.15, 0.2) is 17.5 Å². The standard InChI is InChI=1S/C16H25NO3S/c1-20-9-4-7-16(13-18)6-3-8-17(12-16)15(19)11-14-5-2-10-21-14/h2,5,10,18H,3-4,6-9,11-13H2,1H3/t16-/m0/s1. The minimum absolute atomic E-state index is 0.137. The van der Waals surface area contributed by atoms with Crippen molar-refractivity contribution >= 4 is 17.2 Å². The highest BCUT2D eigenvalue weighted by Crippen LogP contribution is 2.34. The fourth-order valence-electron chi connectivity index (χ4n) is 3.10. The van der Waals surface area contributed by atoms with Crippen LogP contribution >= 0.6 is 11.3 Å². The van der Waals surface area contributed by atoms with Crippen LogP contribution in [0.1, 0.15) is 30.6 Å². The number of aliphatic hydroxyl groups is 1. The largest absolute Gasteiger partial charge is 0.396 e. The van der Waals surface area contributed by atoms with Crippen molar-refractivity contribution in [3.8, 4) is 0 Å². The van der Waals surface area contributed by atoms with Gasteiger partial charge in [0, 0.05) is 37.1 Å². The highest BCUT2D eigenvalue weighted by molar-refractivity contribution is 7.10. The Balaban J connectivity index is 1.93. The molecule has 0 aromatic carbocycles. The molecule has 5 heteroatoms. The maximum absolute atomic E-state index is 12.4. The highest BCUT2D eigenvalue weighted by atomic mass is 32.1. The number of methoxy groups -OCH3 is 1. The molecular formula is C16H25NO3S. The number of aliphatic hydroxyl groups excluding tert-OH is 1. The van der Waals surface area contributed by atoms with Gasteiger partial charge < -0.3 is 14.7 Å². The number of ether oxygens (including phenoxy) is 1. The van der Waals surface area contributed by atoms with Crippen LogP contribution in [0.4, 0.5) is 0 Å². The quantitative estimate of drug-likeness (QED) is 0.786. The van der Waals surface area contributed by atoms with Gasteiger partial charge in [-0.2, -0.15) is 0 Å². The molecule has 1 aromatic rings. The second-order valence-electron chi connectivity index (χ2n) is 5.93. The molecule has 0 radical (unpaired) electrons. The van der Waals surface area contributed by atoms with Crippen LogP contribution in [0.2, 0.25) is 0 Å². The number of piperidine rings is 1. The number of thiophene rings is 1. The third-order valence-electron chi connectivity index (χ3n) is 4.31. The van der Waals surface area contributed by atoms with E-state index in [1.54, 1.807) is 18.4 Å². The topological polar surface area (TPSA) is 49.8 Å². The van der Waals surface area contributed by atoms with Crippen LogP contribution in [-0.4, -0.2) is 49.3 Å². The van der Waals surface area contributed by atoms with Gasteiger partial charge in [-0.25, -0.2) is 0 Å². The first-order chi connectivity index (χ1) is 10.2. The van der Waals surface area contributed by atoms with Gasteiger partial charge in [0.2, 0.25) is 5.91 Å². The predicted molar refractivity (Wildman–Crippen MR) is 84.5 cm³/mol. The molecule has 1 fully saturated rings. The lowest BCUT2D eigenvalue weighted by molar-refractivity contribution is -0.135. The van der Waals surface area contributed by atoms with Gasteiger partial charge >= 0.3 is 0 Å². The van der Waals surface area contributed by atoms with Gasteiger partial charge in [0.15, 0.2) is 0 Å². The molecule has 118 valence electrons. The van der Waals surface area contributed by atoms with Gasteiger partial charge in [0.25, 0.3) is 0 Å². The number of amides is 1. The number of carbonyl (C=O) groups is 1. The van der Waals surface area contributed by atoms with E-state index in [1.807, 2.05) is 22.4 Å². The molecule has 1 saturated heterocycles. The van der Waals surface area contributed by atoms with E-state index in [-0.39, 0.29) is 17.9 Å². The summed E-state index contributed by atoms with van der Waals surface area (Å²) in [6, 6.07) is 3.98. The average molecular weight is 311 g/mol. The lowest BCUT2D eigenvalue weighted by atomic mass is 9.77. The molecule has 1 aliphatic rings. The number of hydrogen-bond acceptors (Lipinski definition) is 4. The van der Waals surface area contributed by atoms with E-state index >= 15 is 0 Å². The van der Waals surface area contributed by atoms with Crippen LogP contribution in [0.3, 0.4) is 0 Å². The van der Waals surface area contributed by atoms with Gasteiger partial charge in [-0.3, -0.25) is 4.79 Å². The Kier molecular flexibility index (Phi) is 6.21. The molecule has 0 bridgehead atoms. The fourth-order valence-corrected chi connectivity index (χ4v) is 3.79. The first-order valence-electron chi connectivity index (χ1n) is 7.59. The second-order valence-corrected chi connectivity index (χ2v) is 6.96. The van der Waals surface area contributed by atoms with Crippen molar-refractivity contribution in [2.24, 2.45) is 5.41 Å². The van der Waals surface area contributed by atoms with E-state index in [1.165, 1.54) is 0 Å². The zero-order valence-electron chi connectivity index (χ0n) is 12.7. The van der Waals surface area contributed by atoms with Gasteiger partial charge in [-0.05, 0) is 37.1 Å². The van der Waals surface area contributed by atoms with Gasteiger partial charge in [-0.15, -0.1) is 11.3 Å². The molecule has 2 heterocycles. The third kappa shape index (κ3) is 4.53. The van der Waals surface area contributed by atoms with Crippen molar-refractivity contribution in [1.82, 2.24) is 4.90 Å². The number of rotatable bonds is 7. The zero-order valence-corrected chi connectivity index (χ0v) is 13.5. The highest BCUT2D eigenvalue weighted by Gasteiger charge is 2.36. The summed E-state index contributed by atoms with van der Waals surface area (Å²) in [5.41, 5.74) is -0.137. The molecule has 0 aliphatic carbocycles. The molecule has 4 nitrogen and oxygen atoms in total. The maximum atomic E-state index is 12.4. The number of carbonyl (C=O) groups excluding carboxylic acids is 1. The molecule has 0 saturated carbocycles. The second kappa shape index (κ2) is 7.92. The van der Waals surface area contributed by atoms with E-state index in [4.69, 9.17) is 4.74 Å². The van der Waals surface area contributed by atoms with E-state index in [0.717, 1.165) is 37.1 Å². The Labute approximate surface area is 130 Å². The monoisotopic (exact) mass is 311 g/mol. The van der Waals surface area contributed by atoms with Crippen molar-refractivity contribution < 1.29 is 14.6 Å². The van der Waals surface area contributed by atoms with Crippen LogP contribution in [-0.2, 0) is 16.0 Å². The first-order valence-corrected chi connectivity index (χ1v) is 8.47. The van der Waals surface area contributed by atoms with Crippen LogP contribution in [0.5, 0.6) is 0 Å². The molecule has 1 amide bonds. The summed E-state index contributed by atoms with van der Waals surface area (Å²) in [5.74, 6) is 0.182. The van der Waals surface area contributed by atoms with Crippen molar-refractivity contribution in [2.75, 3.05) is 33.4 Å². The average Bonchev–Trinajstić information content (AvgIpc) is 3.01. The SMILES string of the molecule is COCCC[C@@]1(CO)CCCN(C(=O)Cc2cccs2)C1. The minimum atomic E-state index is -0.137. The summed E-state index contributed by atoms with van der Waals surface area (Å²) in [7, 11) is 1.70. The van der Waals surface area contributed by atoms with Crippen LogP contribution in [0.25, 0.3) is 0 Å². The zero-order chi connectivity index (χ0) is 15.1. The van der Waals surface area contributed by atoms with E-state index in [2.05, 4.69) is 0 Å². The van der Waals surface area contributed by atoms with E-state index < -0.39 is 0 Å².